The van der Waals surface area contributed by atoms with E-state index in [0.717, 1.165) is 12.3 Å². The summed E-state index contributed by atoms with van der Waals surface area (Å²) in [5.74, 6) is 0. The maximum Gasteiger partial charge on any atom is 0.416 e. The van der Waals surface area contributed by atoms with E-state index in [-0.39, 0.29) is 26.7 Å². The van der Waals surface area contributed by atoms with Crippen LogP contribution < -0.4 is 27.3 Å². The molecule has 0 radical (unpaired) electrons. The molecule has 4 N–H and O–H groups in total. The Kier molecular flexibility index (Phi) is 7.03. The topological polar surface area (TPSA) is 176 Å². The standard InChI is InChI=1S/C14H14F3N3O5S.C8H6N2O2/c1-26(23,24)19-20-12(21)8-5-7(11-3-2-4-25-11)9(14(15,16)17)6-10(8)18-13(20)22;11-7-5-3-1-2-4-6(5)9-8(12)10-7/h5-6,11,19H,2-4H2,1H3,(H,18,22);1-4H,(H2,9,10,11,12). The SMILES string of the molecule is CS(=O)(=O)Nn1c(=O)[nH]c2cc(C(F)(F)F)c(C3CCCO3)cc2c1=O.O=c1[nH]c(=O)c2ccccc2[nH]1. The Labute approximate surface area is 210 Å². The van der Waals surface area contributed by atoms with E-state index >= 15 is 0 Å². The fourth-order valence-corrected chi connectivity index (χ4v) is 4.48. The minimum absolute atomic E-state index is 0.199. The Morgan fingerprint density at radius 1 is 1.00 bits per heavy atom. The number of para-hydroxylation sites is 1. The van der Waals surface area contributed by atoms with Crippen molar-refractivity contribution in [1.82, 2.24) is 19.6 Å². The summed E-state index contributed by atoms with van der Waals surface area (Å²) in [6, 6.07) is 8.51. The van der Waals surface area contributed by atoms with Crippen molar-refractivity contribution in [1.29, 1.82) is 0 Å². The molecule has 0 aliphatic carbocycles. The highest BCUT2D eigenvalue weighted by molar-refractivity contribution is 7.91. The van der Waals surface area contributed by atoms with E-state index in [1.54, 1.807) is 29.1 Å². The molecule has 16 heteroatoms. The maximum absolute atomic E-state index is 13.4. The fraction of sp³-hybridized carbons (Fsp3) is 0.273. The van der Waals surface area contributed by atoms with Crippen LogP contribution in [0.4, 0.5) is 13.2 Å². The van der Waals surface area contributed by atoms with Crippen molar-refractivity contribution in [2.45, 2.75) is 25.1 Å². The van der Waals surface area contributed by atoms with Gasteiger partial charge in [-0.1, -0.05) is 12.1 Å². The molecule has 202 valence electrons. The number of sulfonamides is 1. The second kappa shape index (κ2) is 9.94. The molecule has 0 amide bonds. The number of fused-ring (bicyclic) bond motifs is 2. The van der Waals surface area contributed by atoms with Crippen LogP contribution in [0.25, 0.3) is 21.8 Å². The van der Waals surface area contributed by atoms with Crippen LogP contribution in [0.1, 0.15) is 30.1 Å². The number of rotatable bonds is 3. The van der Waals surface area contributed by atoms with Crippen LogP contribution in [0.3, 0.4) is 0 Å². The van der Waals surface area contributed by atoms with Crippen molar-refractivity contribution in [2.24, 2.45) is 0 Å². The lowest BCUT2D eigenvalue weighted by Crippen LogP contribution is -2.43. The summed E-state index contributed by atoms with van der Waals surface area (Å²) in [6.45, 7) is 0.297. The normalized spacial score (nSPS) is 15.8. The quantitative estimate of drug-likeness (QED) is 0.294. The third-order valence-corrected chi connectivity index (χ3v) is 6.07. The second-order valence-corrected chi connectivity index (χ2v) is 10.1. The second-order valence-electron chi connectivity index (χ2n) is 8.37. The van der Waals surface area contributed by atoms with Gasteiger partial charge >= 0.3 is 17.6 Å². The summed E-state index contributed by atoms with van der Waals surface area (Å²) in [6.07, 6.45) is -3.89. The van der Waals surface area contributed by atoms with Gasteiger partial charge in [-0.25, -0.2) is 22.8 Å². The van der Waals surface area contributed by atoms with E-state index in [1.807, 2.05) is 0 Å². The van der Waals surface area contributed by atoms with Crippen LogP contribution in [0.2, 0.25) is 0 Å². The highest BCUT2D eigenvalue weighted by Crippen LogP contribution is 2.40. The number of benzene rings is 2. The molecule has 0 saturated carbocycles. The van der Waals surface area contributed by atoms with Crippen molar-refractivity contribution >= 4 is 31.8 Å². The van der Waals surface area contributed by atoms with Crippen LogP contribution in [-0.4, -0.2) is 40.9 Å². The van der Waals surface area contributed by atoms with Gasteiger partial charge in [-0.15, -0.1) is 0 Å². The Morgan fingerprint density at radius 2 is 1.71 bits per heavy atom. The van der Waals surface area contributed by atoms with E-state index in [0.29, 0.717) is 36.4 Å². The van der Waals surface area contributed by atoms with Crippen molar-refractivity contribution in [3.05, 3.63) is 89.2 Å². The van der Waals surface area contributed by atoms with Crippen LogP contribution in [-0.2, 0) is 20.9 Å². The van der Waals surface area contributed by atoms with Gasteiger partial charge < -0.3 is 14.7 Å². The van der Waals surface area contributed by atoms with Crippen molar-refractivity contribution in [3.8, 4) is 0 Å². The smallest absolute Gasteiger partial charge is 0.374 e. The highest BCUT2D eigenvalue weighted by Gasteiger charge is 2.37. The molecule has 2 aromatic heterocycles. The van der Waals surface area contributed by atoms with Gasteiger partial charge in [0.1, 0.15) is 0 Å². The van der Waals surface area contributed by atoms with Crippen molar-refractivity contribution < 1.29 is 26.3 Å². The average molecular weight is 555 g/mol. The number of aromatic amines is 3. The largest absolute Gasteiger partial charge is 0.416 e. The lowest BCUT2D eigenvalue weighted by atomic mass is 9.97. The van der Waals surface area contributed by atoms with Gasteiger partial charge in [0.2, 0.25) is 10.0 Å². The number of nitrogens with zero attached hydrogens (tertiary/aromatic N) is 1. The lowest BCUT2D eigenvalue weighted by molar-refractivity contribution is -0.139. The first-order valence-electron chi connectivity index (χ1n) is 11.0. The van der Waals surface area contributed by atoms with E-state index in [1.165, 1.54) is 0 Å². The Balaban J connectivity index is 0.000000232. The van der Waals surface area contributed by atoms with Gasteiger partial charge in [-0.3, -0.25) is 14.6 Å². The molecule has 5 rings (SSSR count). The highest BCUT2D eigenvalue weighted by atomic mass is 32.2. The first kappa shape index (κ1) is 26.9. The zero-order valence-electron chi connectivity index (χ0n) is 19.5. The third kappa shape index (κ3) is 5.70. The molecule has 0 bridgehead atoms. The van der Waals surface area contributed by atoms with Gasteiger partial charge in [0.05, 0.1) is 39.7 Å². The van der Waals surface area contributed by atoms with Crippen molar-refractivity contribution in [3.63, 3.8) is 0 Å². The van der Waals surface area contributed by atoms with Crippen LogP contribution in [0.15, 0.2) is 55.6 Å². The zero-order chi connectivity index (χ0) is 27.8. The minimum Gasteiger partial charge on any atom is -0.374 e. The van der Waals surface area contributed by atoms with E-state index in [2.05, 4.69) is 15.0 Å². The fourth-order valence-electron chi connectivity index (χ4n) is 3.98. The first-order valence-corrected chi connectivity index (χ1v) is 12.8. The molecular formula is C22H20F3N5O7S. The van der Waals surface area contributed by atoms with Gasteiger partial charge in [-0.2, -0.15) is 17.8 Å². The number of H-pyrrole nitrogens is 3. The summed E-state index contributed by atoms with van der Waals surface area (Å²) >= 11 is 0. The summed E-state index contributed by atoms with van der Waals surface area (Å²) < 4.78 is 68.4. The molecule has 1 atom stereocenters. The number of nitrogens with one attached hydrogen (secondary N) is 4. The Hall–Kier alpha value is -4.18. The molecule has 1 saturated heterocycles. The van der Waals surface area contributed by atoms with Gasteiger partial charge in [-0.05, 0) is 42.7 Å². The number of hydrogen-bond acceptors (Lipinski definition) is 7. The molecule has 0 spiro atoms. The number of ether oxygens (including phenoxy) is 1. The molecule has 1 aliphatic heterocycles. The molecule has 4 aromatic rings. The summed E-state index contributed by atoms with van der Waals surface area (Å²) in [5, 5.41) is 0.233. The molecule has 1 aliphatic rings. The number of hydrogen-bond donors (Lipinski definition) is 4. The zero-order valence-corrected chi connectivity index (χ0v) is 20.3. The van der Waals surface area contributed by atoms with E-state index in [9.17, 15) is 40.8 Å². The number of aromatic nitrogens is 4. The predicted molar refractivity (Wildman–Crippen MR) is 131 cm³/mol. The number of halogens is 3. The Morgan fingerprint density at radius 3 is 2.34 bits per heavy atom. The molecule has 3 heterocycles. The van der Waals surface area contributed by atoms with Gasteiger partial charge in [0.15, 0.2) is 0 Å². The summed E-state index contributed by atoms with van der Waals surface area (Å²) in [5.41, 5.74) is -4.13. The van der Waals surface area contributed by atoms with Gasteiger partial charge in [0, 0.05) is 6.61 Å². The molecule has 38 heavy (non-hydrogen) atoms. The van der Waals surface area contributed by atoms with E-state index in [4.69, 9.17) is 4.74 Å². The van der Waals surface area contributed by atoms with Crippen molar-refractivity contribution in [2.75, 3.05) is 17.7 Å². The summed E-state index contributed by atoms with van der Waals surface area (Å²) in [4.78, 5) is 54.8. The van der Waals surface area contributed by atoms with Gasteiger partial charge in [0.25, 0.3) is 11.1 Å². The molecule has 1 unspecified atom stereocenters. The summed E-state index contributed by atoms with van der Waals surface area (Å²) in [7, 11) is -3.96. The van der Waals surface area contributed by atoms with Crippen LogP contribution >= 0.6 is 0 Å². The molecule has 12 nitrogen and oxygen atoms in total. The maximum atomic E-state index is 13.4. The average Bonchev–Trinajstić information content (AvgIpc) is 3.35. The third-order valence-electron chi connectivity index (χ3n) is 5.55. The molecule has 2 aromatic carbocycles. The lowest BCUT2D eigenvalue weighted by Gasteiger charge is -2.18. The minimum atomic E-state index is -4.72. The van der Waals surface area contributed by atoms with E-state index < -0.39 is 44.8 Å². The van der Waals surface area contributed by atoms with Crippen LogP contribution in [0.5, 0.6) is 0 Å². The molecular weight excluding hydrogens is 535 g/mol. The first-order chi connectivity index (χ1) is 17.7. The monoisotopic (exact) mass is 555 g/mol. The van der Waals surface area contributed by atoms with Crippen LogP contribution in [0, 0.1) is 0 Å². The molecule has 1 fully saturated rings. The predicted octanol–water partition coefficient (Wildman–Crippen LogP) is 1.28. The Bertz CT molecular complexity index is 1870. The number of alkyl halides is 3.